The number of ketones is 1. The van der Waals surface area contributed by atoms with E-state index in [0.29, 0.717) is 5.15 Å². The molecule has 2 heterocycles. The number of hydrogen-bond acceptors (Lipinski definition) is 5. The quantitative estimate of drug-likeness (QED) is 0.476. The summed E-state index contributed by atoms with van der Waals surface area (Å²) in [6.07, 6.45) is 3.20. The number of carbonyl (C=O) groups is 2. The monoisotopic (exact) mass is 335 g/mol. The van der Waals surface area contributed by atoms with E-state index < -0.39 is 5.97 Å². The number of aryl methyl sites for hydroxylation is 1. The first-order chi connectivity index (χ1) is 10.8. The van der Waals surface area contributed by atoms with Gasteiger partial charge in [0.1, 0.15) is 16.4 Å². The second kappa shape index (κ2) is 6.91. The van der Waals surface area contributed by atoms with E-state index in [-0.39, 0.29) is 29.7 Å². The fraction of sp³-hybridized carbons (Fsp3) is 0.375. The number of carbonyl (C=O) groups excluding carboxylic acids is 2. The molecule has 0 radical (unpaired) electrons. The number of Topliss-reactive ketones (excluding diaryl/α,β-unsaturated/α-hetero) is 1. The number of rotatable bonds is 5. The van der Waals surface area contributed by atoms with Gasteiger partial charge in [0.25, 0.3) is 0 Å². The molecule has 1 atom stereocenters. The third-order valence-electron chi connectivity index (χ3n) is 3.53. The summed E-state index contributed by atoms with van der Waals surface area (Å²) in [6, 6.07) is 1.55. The first-order valence-corrected chi connectivity index (χ1v) is 7.62. The van der Waals surface area contributed by atoms with E-state index in [1.54, 1.807) is 23.9 Å². The highest BCUT2D eigenvalue weighted by molar-refractivity contribution is 6.29. The van der Waals surface area contributed by atoms with Gasteiger partial charge in [0, 0.05) is 19.3 Å². The van der Waals surface area contributed by atoms with Crippen molar-refractivity contribution in [3.8, 4) is 0 Å². The summed E-state index contributed by atoms with van der Waals surface area (Å²) in [4.78, 5) is 27.8. The number of nitrogens with zero attached hydrogens (tertiary/aromatic N) is 3. The lowest BCUT2D eigenvalue weighted by atomic mass is 10.1. The van der Waals surface area contributed by atoms with E-state index in [9.17, 15) is 9.59 Å². The van der Waals surface area contributed by atoms with Crippen LogP contribution < -0.4 is 0 Å². The maximum absolute atomic E-state index is 12.0. The average Bonchev–Trinajstić information content (AvgIpc) is 2.92. The summed E-state index contributed by atoms with van der Waals surface area (Å²) in [5.74, 6) is -0.841. The zero-order valence-corrected chi connectivity index (χ0v) is 14.2. The van der Waals surface area contributed by atoms with E-state index >= 15 is 0 Å². The molecule has 0 amide bonds. The van der Waals surface area contributed by atoms with Crippen molar-refractivity contribution in [1.82, 2.24) is 14.8 Å². The summed E-state index contributed by atoms with van der Waals surface area (Å²) in [6.45, 7) is 7.14. The Labute approximate surface area is 139 Å². The molecular weight excluding hydrogens is 318 g/mol. The normalized spacial score (nSPS) is 12.0. The predicted molar refractivity (Wildman–Crippen MR) is 86.0 cm³/mol. The Hall–Kier alpha value is -2.21. The molecule has 0 saturated heterocycles. The van der Waals surface area contributed by atoms with E-state index in [0.717, 1.165) is 11.1 Å². The Morgan fingerprint density at radius 3 is 2.70 bits per heavy atom. The minimum atomic E-state index is -0.554. The van der Waals surface area contributed by atoms with Crippen LogP contribution in [0.1, 0.15) is 58.8 Å². The molecule has 0 aliphatic heterocycles. The summed E-state index contributed by atoms with van der Waals surface area (Å²) in [7, 11) is 0. The molecule has 122 valence electrons. The number of esters is 1. The molecule has 7 heteroatoms. The van der Waals surface area contributed by atoms with Crippen LogP contribution in [-0.2, 0) is 4.74 Å². The van der Waals surface area contributed by atoms with Gasteiger partial charge < -0.3 is 4.74 Å². The lowest BCUT2D eigenvalue weighted by Crippen LogP contribution is -2.10. The highest BCUT2D eigenvalue weighted by atomic mass is 35.5. The fourth-order valence-electron chi connectivity index (χ4n) is 2.32. The van der Waals surface area contributed by atoms with E-state index in [1.807, 2.05) is 13.8 Å². The van der Waals surface area contributed by atoms with Crippen molar-refractivity contribution >= 4 is 23.4 Å². The van der Waals surface area contributed by atoms with E-state index in [2.05, 4.69) is 10.1 Å². The molecule has 2 rings (SSSR count). The Balaban J connectivity index is 2.45. The molecule has 0 bridgehead atoms. The van der Waals surface area contributed by atoms with Crippen LogP contribution >= 0.6 is 11.6 Å². The third kappa shape index (κ3) is 3.59. The van der Waals surface area contributed by atoms with Crippen LogP contribution in [0.4, 0.5) is 0 Å². The number of aromatic nitrogens is 3. The zero-order chi connectivity index (χ0) is 17.1. The molecule has 1 unspecified atom stereocenters. The summed E-state index contributed by atoms with van der Waals surface area (Å²) < 4.78 is 6.55. The van der Waals surface area contributed by atoms with Gasteiger partial charge in [-0.25, -0.2) is 9.78 Å². The highest BCUT2D eigenvalue weighted by Crippen LogP contribution is 2.23. The van der Waals surface area contributed by atoms with Crippen molar-refractivity contribution < 1.29 is 14.3 Å². The van der Waals surface area contributed by atoms with Gasteiger partial charge in [0.15, 0.2) is 5.78 Å². The third-order valence-corrected chi connectivity index (χ3v) is 3.73. The lowest BCUT2D eigenvalue weighted by molar-refractivity contribution is 0.0523. The van der Waals surface area contributed by atoms with Gasteiger partial charge in [-0.2, -0.15) is 5.10 Å². The van der Waals surface area contributed by atoms with E-state index in [4.69, 9.17) is 16.3 Å². The van der Waals surface area contributed by atoms with Gasteiger partial charge >= 0.3 is 5.97 Å². The van der Waals surface area contributed by atoms with Gasteiger partial charge in [0.2, 0.25) is 0 Å². The molecular formula is C16H18ClN3O3. The summed E-state index contributed by atoms with van der Waals surface area (Å²) in [5.41, 5.74) is 2.14. The molecule has 2 aromatic rings. The fourth-order valence-corrected chi connectivity index (χ4v) is 2.53. The van der Waals surface area contributed by atoms with E-state index in [1.165, 1.54) is 13.1 Å². The van der Waals surface area contributed by atoms with Crippen LogP contribution in [0.2, 0.25) is 5.15 Å². The smallest absolute Gasteiger partial charge is 0.342 e. The van der Waals surface area contributed by atoms with Crippen LogP contribution in [0, 0.1) is 6.92 Å². The van der Waals surface area contributed by atoms with Gasteiger partial charge in [-0.05, 0) is 38.0 Å². The van der Waals surface area contributed by atoms with Crippen LogP contribution in [0.25, 0.3) is 0 Å². The molecule has 0 spiro atoms. The second-order valence-electron chi connectivity index (χ2n) is 5.19. The Morgan fingerprint density at radius 2 is 2.13 bits per heavy atom. The molecule has 6 nitrogen and oxygen atoms in total. The van der Waals surface area contributed by atoms with Crippen LogP contribution in [-0.4, -0.2) is 33.1 Å². The number of pyridine rings is 1. The topological polar surface area (TPSA) is 74.1 Å². The SMILES string of the molecule is CCOC(=O)c1cn(C(C)c2cnc(Cl)cc2C)nc1C(C)=O. The van der Waals surface area contributed by atoms with Crippen LogP contribution in [0.3, 0.4) is 0 Å². The van der Waals surface area contributed by atoms with Gasteiger partial charge in [-0.1, -0.05) is 11.6 Å². The largest absolute Gasteiger partial charge is 0.462 e. The van der Waals surface area contributed by atoms with Crippen molar-refractivity contribution in [3.63, 3.8) is 0 Å². The van der Waals surface area contributed by atoms with Crippen molar-refractivity contribution in [3.05, 3.63) is 46.0 Å². The minimum Gasteiger partial charge on any atom is -0.462 e. The van der Waals surface area contributed by atoms with Gasteiger partial charge in [-0.15, -0.1) is 0 Å². The first kappa shape index (κ1) is 17.1. The highest BCUT2D eigenvalue weighted by Gasteiger charge is 2.23. The molecule has 0 aromatic carbocycles. The van der Waals surface area contributed by atoms with Crippen molar-refractivity contribution in [2.45, 2.75) is 33.7 Å². The molecule has 2 aromatic heterocycles. The molecule has 0 aliphatic carbocycles. The number of hydrogen-bond donors (Lipinski definition) is 0. The molecule has 0 aliphatic rings. The second-order valence-corrected chi connectivity index (χ2v) is 5.57. The molecule has 0 saturated carbocycles. The Bertz CT molecular complexity index is 755. The summed E-state index contributed by atoms with van der Waals surface area (Å²) >= 11 is 5.88. The van der Waals surface area contributed by atoms with Crippen LogP contribution in [0.5, 0.6) is 0 Å². The maximum Gasteiger partial charge on any atom is 0.342 e. The van der Waals surface area contributed by atoms with Crippen molar-refractivity contribution in [2.24, 2.45) is 0 Å². The molecule has 0 N–H and O–H groups in total. The van der Waals surface area contributed by atoms with Gasteiger partial charge in [-0.3, -0.25) is 9.48 Å². The Morgan fingerprint density at radius 1 is 1.43 bits per heavy atom. The average molecular weight is 336 g/mol. The summed E-state index contributed by atoms with van der Waals surface area (Å²) in [5, 5.41) is 4.67. The minimum absolute atomic E-state index is 0.106. The zero-order valence-electron chi connectivity index (χ0n) is 13.5. The maximum atomic E-state index is 12.0. The predicted octanol–water partition coefficient (Wildman–Crippen LogP) is 3.23. The lowest BCUT2D eigenvalue weighted by Gasteiger charge is -2.14. The molecule has 0 fully saturated rings. The standard InChI is InChI=1S/C16H18ClN3O3/c1-5-23-16(22)13-8-20(19-15(13)11(4)21)10(3)12-7-18-14(17)6-9(12)2/h6-8,10H,5H2,1-4H3. The van der Waals surface area contributed by atoms with Crippen LogP contribution in [0.15, 0.2) is 18.5 Å². The van der Waals surface area contributed by atoms with Gasteiger partial charge in [0.05, 0.1) is 12.6 Å². The number of halogens is 1. The molecule has 23 heavy (non-hydrogen) atoms. The van der Waals surface area contributed by atoms with Crippen molar-refractivity contribution in [2.75, 3.05) is 6.61 Å². The Kier molecular flexibility index (Phi) is 5.15. The number of ether oxygens (including phenoxy) is 1. The first-order valence-electron chi connectivity index (χ1n) is 7.24. The van der Waals surface area contributed by atoms with Crippen molar-refractivity contribution in [1.29, 1.82) is 0 Å².